The molecule has 1 fully saturated rings. The molecular formula is C17H19ClN2O3. The topological polar surface area (TPSA) is 93.4 Å². The van der Waals surface area contributed by atoms with Gasteiger partial charge in [-0.05, 0) is 42.5 Å². The van der Waals surface area contributed by atoms with Crippen LogP contribution in [-0.4, -0.2) is 22.2 Å². The molecule has 0 aromatic heterocycles. The molecule has 6 heteroatoms. The van der Waals surface area contributed by atoms with Crippen LogP contribution in [0.15, 0.2) is 17.7 Å². The van der Waals surface area contributed by atoms with Crippen molar-refractivity contribution in [3.05, 3.63) is 28.3 Å². The fourth-order valence-electron chi connectivity index (χ4n) is 2.78. The molecule has 1 aromatic carbocycles. The van der Waals surface area contributed by atoms with E-state index in [-0.39, 0.29) is 16.6 Å². The second-order valence-electron chi connectivity index (χ2n) is 5.88. The third-order valence-electron chi connectivity index (χ3n) is 4.17. The summed E-state index contributed by atoms with van der Waals surface area (Å²) < 4.78 is 0. The molecule has 0 bridgehead atoms. The molecule has 1 aliphatic rings. The zero-order valence-electron chi connectivity index (χ0n) is 12.8. The van der Waals surface area contributed by atoms with Crippen molar-refractivity contribution >= 4 is 23.6 Å². The predicted octanol–water partition coefficient (Wildman–Crippen LogP) is 3.35. The summed E-state index contributed by atoms with van der Waals surface area (Å²) in [5.41, 5.74) is 0.303. The van der Waals surface area contributed by atoms with Crippen LogP contribution in [0, 0.1) is 17.2 Å². The maximum atomic E-state index is 12.3. The minimum atomic E-state index is -0.435. The molecule has 122 valence electrons. The van der Waals surface area contributed by atoms with Crippen LogP contribution in [0.1, 0.15) is 38.2 Å². The average Bonchev–Trinajstić information content (AvgIpc) is 2.52. The highest BCUT2D eigenvalue weighted by molar-refractivity contribution is 6.32. The van der Waals surface area contributed by atoms with E-state index in [4.69, 9.17) is 11.6 Å². The normalized spacial score (nSPS) is 21.5. The van der Waals surface area contributed by atoms with Crippen LogP contribution in [0.25, 0.3) is 6.08 Å². The minimum Gasteiger partial charge on any atom is -0.504 e. The van der Waals surface area contributed by atoms with Crippen molar-refractivity contribution in [3.63, 3.8) is 0 Å². The Labute approximate surface area is 140 Å². The molecular weight excluding hydrogens is 316 g/mol. The largest absolute Gasteiger partial charge is 0.504 e. The summed E-state index contributed by atoms with van der Waals surface area (Å²) >= 11 is 5.78. The highest BCUT2D eigenvalue weighted by atomic mass is 35.5. The standard InChI is InChI=1S/C17H19ClN2O3/c1-10-4-2-3-5-14(10)20-17(23)12(9-19)6-11-7-13(18)16(22)15(21)8-11/h6-8,10,14,21-22H,2-5H2,1H3,(H,20,23)/b12-6+/t10-,14-/m1/s1. The van der Waals surface area contributed by atoms with Gasteiger partial charge in [0, 0.05) is 6.04 Å². The highest BCUT2D eigenvalue weighted by Crippen LogP contribution is 2.34. The van der Waals surface area contributed by atoms with Gasteiger partial charge in [0.2, 0.25) is 0 Å². The van der Waals surface area contributed by atoms with Crippen molar-refractivity contribution in [1.29, 1.82) is 5.26 Å². The zero-order chi connectivity index (χ0) is 17.0. The van der Waals surface area contributed by atoms with Gasteiger partial charge in [-0.3, -0.25) is 4.79 Å². The van der Waals surface area contributed by atoms with Crippen molar-refractivity contribution in [2.24, 2.45) is 5.92 Å². The summed E-state index contributed by atoms with van der Waals surface area (Å²) in [6.07, 6.45) is 5.56. The number of phenols is 2. The van der Waals surface area contributed by atoms with Crippen LogP contribution < -0.4 is 5.32 Å². The van der Waals surface area contributed by atoms with Gasteiger partial charge in [-0.2, -0.15) is 5.26 Å². The van der Waals surface area contributed by atoms with Crippen molar-refractivity contribution in [1.82, 2.24) is 5.32 Å². The molecule has 2 rings (SSSR count). The van der Waals surface area contributed by atoms with E-state index in [1.54, 1.807) is 0 Å². The minimum absolute atomic E-state index is 0.0464. The van der Waals surface area contributed by atoms with E-state index >= 15 is 0 Å². The summed E-state index contributed by atoms with van der Waals surface area (Å²) in [5.74, 6) is -0.875. The number of amides is 1. The Kier molecular flexibility index (Phi) is 5.51. The van der Waals surface area contributed by atoms with Crippen molar-refractivity contribution in [3.8, 4) is 17.6 Å². The summed E-state index contributed by atoms with van der Waals surface area (Å²) in [7, 11) is 0. The van der Waals surface area contributed by atoms with E-state index in [0.717, 1.165) is 19.3 Å². The van der Waals surface area contributed by atoms with E-state index in [1.807, 2.05) is 6.07 Å². The Morgan fingerprint density at radius 1 is 1.39 bits per heavy atom. The lowest BCUT2D eigenvalue weighted by Crippen LogP contribution is -2.41. The number of benzene rings is 1. The number of carbonyl (C=O) groups is 1. The molecule has 1 aromatic rings. The number of carbonyl (C=O) groups excluding carboxylic acids is 1. The number of nitrogens with one attached hydrogen (secondary N) is 1. The molecule has 0 radical (unpaired) electrons. The van der Waals surface area contributed by atoms with Gasteiger partial charge in [0.05, 0.1) is 5.02 Å². The van der Waals surface area contributed by atoms with Crippen LogP contribution in [0.3, 0.4) is 0 Å². The van der Waals surface area contributed by atoms with Crippen LogP contribution in [0.2, 0.25) is 5.02 Å². The van der Waals surface area contributed by atoms with Crippen LogP contribution in [0.5, 0.6) is 11.5 Å². The third kappa shape index (κ3) is 4.17. The van der Waals surface area contributed by atoms with Crippen LogP contribution >= 0.6 is 11.6 Å². The van der Waals surface area contributed by atoms with E-state index in [1.165, 1.54) is 24.6 Å². The van der Waals surface area contributed by atoms with E-state index in [9.17, 15) is 20.3 Å². The molecule has 3 N–H and O–H groups in total. The SMILES string of the molecule is C[C@@H]1CCCC[C@H]1NC(=O)/C(C#N)=C/c1cc(O)c(O)c(Cl)c1. The fourth-order valence-corrected chi connectivity index (χ4v) is 3.00. The summed E-state index contributed by atoms with van der Waals surface area (Å²) in [6.45, 7) is 2.09. The number of hydrogen-bond donors (Lipinski definition) is 3. The van der Waals surface area contributed by atoms with Gasteiger partial charge in [-0.1, -0.05) is 31.4 Å². The smallest absolute Gasteiger partial charge is 0.262 e. The molecule has 2 atom stereocenters. The third-order valence-corrected chi connectivity index (χ3v) is 4.46. The van der Waals surface area contributed by atoms with Gasteiger partial charge < -0.3 is 15.5 Å². The van der Waals surface area contributed by atoms with Gasteiger partial charge in [-0.25, -0.2) is 0 Å². The maximum absolute atomic E-state index is 12.3. The highest BCUT2D eigenvalue weighted by Gasteiger charge is 2.24. The number of hydrogen-bond acceptors (Lipinski definition) is 4. The lowest BCUT2D eigenvalue weighted by atomic mass is 9.86. The van der Waals surface area contributed by atoms with Crippen molar-refractivity contribution in [2.45, 2.75) is 38.6 Å². The molecule has 0 heterocycles. The van der Waals surface area contributed by atoms with E-state index in [0.29, 0.717) is 11.5 Å². The fraction of sp³-hybridized carbons (Fsp3) is 0.412. The number of aromatic hydroxyl groups is 2. The zero-order valence-corrected chi connectivity index (χ0v) is 13.6. The second-order valence-corrected chi connectivity index (χ2v) is 6.29. The lowest BCUT2D eigenvalue weighted by molar-refractivity contribution is -0.118. The van der Waals surface area contributed by atoms with Gasteiger partial charge in [-0.15, -0.1) is 0 Å². The molecule has 0 aliphatic heterocycles. The monoisotopic (exact) mass is 334 g/mol. The van der Waals surface area contributed by atoms with Gasteiger partial charge in [0.25, 0.3) is 5.91 Å². The Morgan fingerprint density at radius 2 is 2.09 bits per heavy atom. The Balaban J connectivity index is 2.18. The lowest BCUT2D eigenvalue weighted by Gasteiger charge is -2.29. The summed E-state index contributed by atoms with van der Waals surface area (Å²) in [6, 6.07) is 4.57. The van der Waals surface area contributed by atoms with E-state index < -0.39 is 17.4 Å². The first-order chi connectivity index (χ1) is 10.9. The van der Waals surface area contributed by atoms with Gasteiger partial charge >= 0.3 is 0 Å². The summed E-state index contributed by atoms with van der Waals surface area (Å²) in [4.78, 5) is 12.3. The van der Waals surface area contributed by atoms with E-state index in [2.05, 4.69) is 12.2 Å². The predicted molar refractivity (Wildman–Crippen MR) is 87.9 cm³/mol. The Hall–Kier alpha value is -2.19. The first-order valence-corrected chi connectivity index (χ1v) is 7.94. The molecule has 0 unspecified atom stereocenters. The Bertz CT molecular complexity index is 656. The molecule has 0 saturated heterocycles. The first-order valence-electron chi connectivity index (χ1n) is 7.56. The summed E-state index contributed by atoms with van der Waals surface area (Å²) in [5, 5.41) is 31.1. The molecule has 1 amide bonds. The van der Waals surface area contributed by atoms with Crippen molar-refractivity contribution in [2.75, 3.05) is 0 Å². The van der Waals surface area contributed by atoms with Crippen LogP contribution in [-0.2, 0) is 4.79 Å². The number of halogens is 1. The first kappa shape index (κ1) is 17.2. The maximum Gasteiger partial charge on any atom is 0.262 e. The number of nitrogens with zero attached hydrogens (tertiary/aromatic N) is 1. The number of phenolic OH excluding ortho intramolecular Hbond substituents is 2. The number of rotatable bonds is 3. The van der Waals surface area contributed by atoms with Crippen molar-refractivity contribution < 1.29 is 15.0 Å². The second kappa shape index (κ2) is 7.38. The molecule has 1 saturated carbocycles. The number of nitriles is 1. The average molecular weight is 335 g/mol. The molecule has 5 nitrogen and oxygen atoms in total. The van der Waals surface area contributed by atoms with Gasteiger partial charge in [0.15, 0.2) is 11.5 Å². The van der Waals surface area contributed by atoms with Crippen LogP contribution in [0.4, 0.5) is 0 Å². The quantitative estimate of drug-likeness (QED) is 0.449. The molecule has 1 aliphatic carbocycles. The molecule has 23 heavy (non-hydrogen) atoms. The molecule has 0 spiro atoms. The Morgan fingerprint density at radius 3 is 2.70 bits per heavy atom. The van der Waals surface area contributed by atoms with Gasteiger partial charge in [0.1, 0.15) is 11.6 Å².